The topological polar surface area (TPSA) is 391 Å². The molecule has 6 aliphatic heterocycles. The van der Waals surface area contributed by atoms with Crippen LogP contribution >= 0.6 is 48.0 Å². The second-order valence-corrected chi connectivity index (χ2v) is 32.7. The number of hydrogen-bond donors (Lipinski definition) is 2. The number of aliphatic carboxylic acids is 2. The molecule has 668 valence electrons. The number of rotatable bonds is 28. The zero-order chi connectivity index (χ0) is 88.8. The number of hydrogen-bond acceptors (Lipinski definition) is 24. The third-order valence-corrected chi connectivity index (χ3v) is 17.3. The molecular weight excluding hydrogens is 1760 g/mol. The molecule has 0 aromatic rings. The summed E-state index contributed by atoms with van der Waals surface area (Å²) >= 11 is 0. The van der Waals surface area contributed by atoms with E-state index >= 15 is 0 Å². The van der Waals surface area contributed by atoms with E-state index in [2.05, 4.69) is 52.6 Å². The van der Waals surface area contributed by atoms with Crippen LogP contribution in [0, 0.1) is 23.7 Å². The average Bonchev–Trinajstić information content (AvgIpc) is 1.65. The molecule has 32 nitrogen and oxygen atoms in total. The molecule has 0 saturated carbocycles. The number of carboxylic acids is 2. The smallest absolute Gasteiger partial charge is 0.411 e. The van der Waals surface area contributed by atoms with Crippen LogP contribution in [0.1, 0.15) is 188 Å². The minimum absolute atomic E-state index is 0. The van der Waals surface area contributed by atoms with E-state index < -0.39 is 83.3 Å². The van der Waals surface area contributed by atoms with Gasteiger partial charge in [0.25, 0.3) is 0 Å². The van der Waals surface area contributed by atoms with Crippen molar-refractivity contribution in [2.45, 2.75) is 247 Å². The summed E-state index contributed by atoms with van der Waals surface area (Å²) in [5, 5.41) is 16.7. The first kappa shape index (κ1) is 112. The molecule has 2 unspecified atom stereocenters. The fourth-order valence-electron chi connectivity index (χ4n) is 11.5. The lowest BCUT2D eigenvalue weighted by atomic mass is 10.0. The predicted octanol–water partition coefficient (Wildman–Crippen LogP) is 12.9. The maximum Gasteiger partial charge on any atom is 0.411 e. The van der Waals surface area contributed by atoms with Crippen LogP contribution in [0.4, 0.5) is 19.2 Å². The molecule has 10 atom stereocenters. The number of carboxylic acid groups (broad SMARTS) is 2. The number of amides is 6. The van der Waals surface area contributed by atoms with Crippen molar-refractivity contribution in [3.63, 3.8) is 0 Å². The molecule has 34 heteroatoms. The lowest BCUT2D eigenvalue weighted by molar-refractivity contribution is -0.148. The van der Waals surface area contributed by atoms with Crippen LogP contribution in [0.15, 0.2) is 99.2 Å². The molecule has 6 rings (SSSR count). The Labute approximate surface area is 730 Å². The minimum Gasteiger partial charge on any atom is -0.481 e. The molecule has 0 aromatic carbocycles. The van der Waals surface area contributed by atoms with E-state index in [9.17, 15) is 67.1 Å². The van der Waals surface area contributed by atoms with Gasteiger partial charge in [-0.1, -0.05) is 127 Å². The van der Waals surface area contributed by atoms with Gasteiger partial charge in [-0.2, -0.15) is 0 Å². The molecule has 0 spiro atoms. The Morgan fingerprint density at radius 3 is 0.847 bits per heavy atom. The van der Waals surface area contributed by atoms with Crippen LogP contribution in [-0.2, 0) is 95.3 Å². The Bertz CT molecular complexity index is 3230. The van der Waals surface area contributed by atoms with E-state index in [-0.39, 0.29) is 172 Å². The van der Waals surface area contributed by atoms with Gasteiger partial charge in [0.15, 0.2) is 12.5 Å². The highest BCUT2D eigenvalue weighted by atomic mass is 127. The van der Waals surface area contributed by atoms with Gasteiger partial charge < -0.3 is 77.0 Å². The number of esters is 4. The zero-order valence-corrected chi connectivity index (χ0v) is 76.7. The van der Waals surface area contributed by atoms with Crippen LogP contribution < -0.4 is 0 Å². The van der Waals surface area contributed by atoms with Crippen molar-refractivity contribution in [1.29, 1.82) is 0 Å². The van der Waals surface area contributed by atoms with E-state index in [1.807, 2.05) is 41.5 Å². The van der Waals surface area contributed by atoms with Crippen molar-refractivity contribution in [2.24, 2.45) is 23.7 Å². The molecule has 6 aliphatic rings. The summed E-state index contributed by atoms with van der Waals surface area (Å²) in [6.07, 6.45) is 8.59. The fraction of sp³-hybridized carbons (Fsp3) is 0.643. The average molecular weight is 1900 g/mol. The van der Waals surface area contributed by atoms with E-state index in [0.29, 0.717) is 104 Å². The summed E-state index contributed by atoms with van der Waals surface area (Å²) in [6, 6.07) is -1.50. The Morgan fingerprint density at radius 1 is 0.390 bits per heavy atom. The fourth-order valence-corrected chi connectivity index (χ4v) is 11.5. The molecule has 0 aromatic heterocycles. The third kappa shape index (κ3) is 43.4. The summed E-state index contributed by atoms with van der Waals surface area (Å²) in [4.78, 5) is 171. The number of carbonyl (C=O) groups is 14. The number of nitrogens with zero attached hydrogens (tertiary/aromatic N) is 6. The van der Waals surface area contributed by atoms with Gasteiger partial charge in [-0.05, 0) is 134 Å². The quantitative estimate of drug-likeness (QED) is 0.0241. The van der Waals surface area contributed by atoms with Gasteiger partial charge in [0.2, 0.25) is 11.8 Å². The highest BCUT2D eigenvalue weighted by Gasteiger charge is 2.47. The van der Waals surface area contributed by atoms with Gasteiger partial charge >= 0.3 is 60.2 Å². The number of halogens is 2. The second kappa shape index (κ2) is 54.6. The number of likely N-dealkylation sites (tertiary alicyclic amines) is 4. The summed E-state index contributed by atoms with van der Waals surface area (Å²) in [5.74, 6) is -4.97. The van der Waals surface area contributed by atoms with Gasteiger partial charge in [0.05, 0.1) is 61.1 Å². The van der Waals surface area contributed by atoms with Gasteiger partial charge in [-0.25, -0.2) is 19.2 Å². The van der Waals surface area contributed by atoms with Crippen molar-refractivity contribution in [2.75, 3.05) is 78.9 Å². The van der Waals surface area contributed by atoms with Gasteiger partial charge in [-0.15, -0.1) is 48.0 Å². The maximum absolute atomic E-state index is 12.9. The first-order chi connectivity index (χ1) is 53.9. The Balaban J connectivity index is 0. The summed E-state index contributed by atoms with van der Waals surface area (Å²) in [5.41, 5.74) is 1.26. The molecule has 0 radical (unpaired) electrons. The van der Waals surface area contributed by atoms with Gasteiger partial charge in [0.1, 0.15) is 61.4 Å². The number of carbonyl (C=O) groups excluding carboxylic acids is 12. The standard InChI is InChI=1S/2C22H34N2O6.2C11H17NO3.2C9H14O4.2HI/c2*1-7-11-29-20(26)16(3)8-9-18(25)23-10-12-28-19(23)17-13-15(2)14-24(17)21(27)30-22(4,5)6;2*1-8-5-9(7-13)12(6-8)10(14)15-11(2,3)4;2*1-3-6-13-9(12)7(2)4-5-8(10)11;;/h2*7,16-17,19H,1-2,8-14H2,3-6H3;2*7,9H,1,5-6H2,2-4H3;2*3,7H,1,4-6H2,2H3,(H,10,11);2*1H/t2*16-,17-,19?;2*9-;2*7-;;/m000000../s1. The minimum atomic E-state index is -0.900. The van der Waals surface area contributed by atoms with E-state index in [4.69, 9.17) is 57.6 Å². The van der Waals surface area contributed by atoms with Crippen LogP contribution in [0.3, 0.4) is 0 Å². The van der Waals surface area contributed by atoms with E-state index in [0.717, 1.165) is 34.9 Å². The molecule has 0 aliphatic carbocycles. The Kier molecular flexibility index (Phi) is 51.6. The lowest BCUT2D eigenvalue weighted by Gasteiger charge is -2.34. The maximum atomic E-state index is 12.9. The monoisotopic (exact) mass is 1890 g/mol. The molecule has 6 saturated heterocycles. The number of aldehydes is 2. The van der Waals surface area contributed by atoms with Crippen molar-refractivity contribution >= 4 is 133 Å². The molecule has 118 heavy (non-hydrogen) atoms. The van der Waals surface area contributed by atoms with Crippen LogP contribution in [0.5, 0.6) is 0 Å². The summed E-state index contributed by atoms with van der Waals surface area (Å²) < 4.78 is 52.7. The summed E-state index contributed by atoms with van der Waals surface area (Å²) in [6.45, 7) is 61.8. The largest absolute Gasteiger partial charge is 0.481 e. The first-order valence-corrected chi connectivity index (χ1v) is 38.8. The van der Waals surface area contributed by atoms with Crippen molar-refractivity contribution in [3.05, 3.63) is 99.2 Å². The van der Waals surface area contributed by atoms with E-state index in [1.165, 1.54) is 34.1 Å². The highest BCUT2D eigenvalue weighted by molar-refractivity contribution is 14.0. The molecule has 2 N–H and O–H groups in total. The van der Waals surface area contributed by atoms with Crippen molar-refractivity contribution in [3.8, 4) is 0 Å². The van der Waals surface area contributed by atoms with Gasteiger partial charge in [0, 0.05) is 65.0 Å². The lowest BCUT2D eigenvalue weighted by Crippen LogP contribution is -2.51. The first-order valence-electron chi connectivity index (χ1n) is 38.8. The third-order valence-electron chi connectivity index (χ3n) is 17.3. The van der Waals surface area contributed by atoms with Crippen molar-refractivity contribution in [1.82, 2.24) is 29.4 Å². The van der Waals surface area contributed by atoms with Crippen LogP contribution in [-0.4, -0.2) is 262 Å². The number of ether oxygens (including phenoxy) is 10. The van der Waals surface area contributed by atoms with E-state index in [1.54, 1.807) is 88.8 Å². The highest BCUT2D eigenvalue weighted by Crippen LogP contribution is 2.34. The molecule has 6 heterocycles. The normalized spacial score (nSPS) is 19.7. The zero-order valence-electron chi connectivity index (χ0n) is 72.1. The summed E-state index contributed by atoms with van der Waals surface area (Å²) in [7, 11) is 0. The van der Waals surface area contributed by atoms with Crippen LogP contribution in [0.25, 0.3) is 0 Å². The van der Waals surface area contributed by atoms with Crippen molar-refractivity contribution < 1.29 is 125 Å². The molecule has 6 amide bonds. The molecule has 0 bridgehead atoms. The Hall–Kier alpha value is -8.52. The SMILES string of the molecule is C=C1C[C@@H](C=O)N(C(=O)OC(C)(C)C)C1.C=C1C[C@@H](C=O)N(C(=O)OC(C)(C)C)C1.C=CCOC(=O)[C@@H](C)CCC(=O)N1CCOC1[C@@H]1CC(=C)CN1C(=O)OC(C)(C)C.C=CCOC(=O)[C@@H](C)CCC(=O)N1CCOC1[C@@H]1CC(=C)CN1C(=O)OC(C)(C)C.C=CCOC(=O)[C@@H](C)CCC(=O)O.C=CCOC(=O)[C@@H](C)CCC(=O)O.I.I. The molecular formula is C84H132I2N6O26. The van der Waals surface area contributed by atoms with Gasteiger partial charge in [-0.3, -0.25) is 58.0 Å². The second-order valence-electron chi connectivity index (χ2n) is 32.7. The van der Waals surface area contributed by atoms with Crippen LogP contribution in [0.2, 0.25) is 0 Å². The Morgan fingerprint density at radius 2 is 0.619 bits per heavy atom. The predicted molar refractivity (Wildman–Crippen MR) is 461 cm³/mol. The molecule has 6 fully saturated rings.